The summed E-state index contributed by atoms with van der Waals surface area (Å²) in [6.45, 7) is 10.4. The summed E-state index contributed by atoms with van der Waals surface area (Å²) < 4.78 is 22.2. The number of hydrogen-bond acceptors (Lipinski definition) is 6. The van der Waals surface area contributed by atoms with Gasteiger partial charge in [0.2, 0.25) is 7.37 Å². The molecule has 0 aliphatic carbocycles. The monoisotopic (exact) mass is 371 g/mol. The van der Waals surface area contributed by atoms with Crippen molar-refractivity contribution in [2.45, 2.75) is 27.7 Å². The molecule has 1 unspecified atom stereocenters. The molecule has 1 heterocycles. The van der Waals surface area contributed by atoms with Gasteiger partial charge >= 0.3 is 5.97 Å². The van der Waals surface area contributed by atoms with E-state index in [9.17, 15) is 9.36 Å². The average molecular weight is 371 g/mol. The minimum absolute atomic E-state index is 0.116. The van der Waals surface area contributed by atoms with E-state index in [0.717, 1.165) is 4.88 Å². The third-order valence-electron chi connectivity index (χ3n) is 2.90. The molecule has 5 nitrogen and oxygen atoms in total. The van der Waals surface area contributed by atoms with Crippen LogP contribution in [-0.2, 0) is 13.8 Å². The number of thiophene rings is 1. The van der Waals surface area contributed by atoms with E-state index in [1.807, 2.05) is 33.8 Å². The Morgan fingerprint density at radius 1 is 1.42 bits per heavy atom. The number of carbonyl (C=O) groups excluding carboxylic acids is 1. The van der Waals surface area contributed by atoms with Crippen LogP contribution in [0.1, 0.15) is 42.2 Å². The van der Waals surface area contributed by atoms with E-state index < -0.39 is 13.3 Å². The van der Waals surface area contributed by atoms with Crippen LogP contribution in [0, 0.1) is 17.3 Å². The molecule has 0 aromatic carbocycles. The second-order valence-electron chi connectivity index (χ2n) is 6.43. The van der Waals surface area contributed by atoms with Crippen molar-refractivity contribution in [2.75, 3.05) is 38.4 Å². The topological polar surface area (TPSA) is 64.6 Å². The van der Waals surface area contributed by atoms with E-state index in [0.29, 0.717) is 29.9 Å². The predicted octanol–water partition coefficient (Wildman–Crippen LogP) is 4.29. The highest BCUT2D eigenvalue weighted by atomic mass is 32.1. The predicted molar refractivity (Wildman–Crippen MR) is 101 cm³/mol. The van der Waals surface area contributed by atoms with Crippen LogP contribution >= 0.6 is 18.7 Å². The molecule has 1 aromatic heterocycles. The van der Waals surface area contributed by atoms with Gasteiger partial charge in [0.15, 0.2) is 0 Å². The van der Waals surface area contributed by atoms with E-state index in [2.05, 4.69) is 17.2 Å². The van der Waals surface area contributed by atoms with E-state index >= 15 is 0 Å². The van der Waals surface area contributed by atoms with E-state index in [1.54, 1.807) is 6.66 Å². The lowest BCUT2D eigenvalue weighted by molar-refractivity contribution is 0.0607. The molecule has 0 bridgehead atoms. The van der Waals surface area contributed by atoms with Crippen LogP contribution in [0.2, 0.25) is 0 Å². The Morgan fingerprint density at radius 3 is 2.62 bits per heavy atom. The molecule has 1 aromatic rings. The molecule has 1 N–H and O–H groups in total. The highest BCUT2D eigenvalue weighted by molar-refractivity contribution is 7.58. The van der Waals surface area contributed by atoms with E-state index in [1.165, 1.54) is 18.4 Å². The second kappa shape index (κ2) is 8.71. The lowest BCUT2D eigenvalue weighted by Gasteiger charge is -2.13. The Hall–Kier alpha value is -1.28. The first-order valence-corrected chi connectivity index (χ1v) is 10.9. The highest BCUT2D eigenvalue weighted by Crippen LogP contribution is 2.41. The first-order valence-electron chi connectivity index (χ1n) is 7.78. The maximum absolute atomic E-state index is 12.1. The number of methoxy groups -OCH3 is 1. The normalized spacial score (nSPS) is 13.6. The molecule has 134 valence electrons. The summed E-state index contributed by atoms with van der Waals surface area (Å²) in [5, 5.41) is 3.15. The molecular formula is C17H26NO4PS. The van der Waals surface area contributed by atoms with Crippen molar-refractivity contribution in [3.63, 3.8) is 0 Å². The molecule has 0 fully saturated rings. The zero-order chi connectivity index (χ0) is 18.4. The summed E-state index contributed by atoms with van der Waals surface area (Å²) in [5.41, 5.74) is 0.538. The smallest absolute Gasteiger partial charge is 0.350 e. The van der Waals surface area contributed by atoms with Crippen LogP contribution in [0.5, 0.6) is 0 Å². The Kier molecular flexibility index (Phi) is 7.54. The number of nitrogens with one attached hydrogen (secondary N) is 1. The van der Waals surface area contributed by atoms with Crippen LogP contribution in [0.4, 0.5) is 5.69 Å². The highest BCUT2D eigenvalue weighted by Gasteiger charge is 2.19. The molecule has 0 spiro atoms. The summed E-state index contributed by atoms with van der Waals surface area (Å²) in [5.74, 6) is 5.83. The number of anilines is 1. The molecular weight excluding hydrogens is 345 g/mol. The van der Waals surface area contributed by atoms with Crippen LogP contribution < -0.4 is 5.32 Å². The van der Waals surface area contributed by atoms with Gasteiger partial charge in [0.1, 0.15) is 4.88 Å². The van der Waals surface area contributed by atoms with Gasteiger partial charge in [-0.2, -0.15) is 0 Å². The summed E-state index contributed by atoms with van der Waals surface area (Å²) in [6.07, 6.45) is 0.389. The van der Waals surface area contributed by atoms with Gasteiger partial charge in [-0.05, 0) is 33.8 Å². The van der Waals surface area contributed by atoms with Crippen molar-refractivity contribution in [2.24, 2.45) is 5.41 Å². The molecule has 7 heteroatoms. The van der Waals surface area contributed by atoms with Gasteiger partial charge in [-0.15, -0.1) is 11.3 Å². The van der Waals surface area contributed by atoms with E-state index in [4.69, 9.17) is 9.26 Å². The van der Waals surface area contributed by atoms with Gasteiger partial charge < -0.3 is 14.6 Å². The maximum Gasteiger partial charge on any atom is 0.350 e. The van der Waals surface area contributed by atoms with Crippen molar-refractivity contribution < 1.29 is 18.6 Å². The molecule has 24 heavy (non-hydrogen) atoms. The fourth-order valence-corrected chi connectivity index (χ4v) is 3.91. The quantitative estimate of drug-likeness (QED) is 0.440. The summed E-state index contributed by atoms with van der Waals surface area (Å²) in [6, 6.07) is 1.83. The fourth-order valence-electron chi connectivity index (χ4n) is 1.81. The second-order valence-corrected chi connectivity index (χ2v) is 10.2. The standard InChI is InChI=1S/C17H26NO4PS/c1-7-22-23(6,20)11-10-18-14-12-13(8-9-17(2,3)4)24-15(14)16(19)21-5/h12,18H,7,10-11H2,1-6H3. The number of rotatable bonds is 7. The van der Waals surface area contributed by atoms with Gasteiger partial charge in [-0.3, -0.25) is 4.57 Å². The Morgan fingerprint density at radius 2 is 2.08 bits per heavy atom. The minimum atomic E-state index is -2.61. The van der Waals surface area contributed by atoms with E-state index in [-0.39, 0.29) is 5.41 Å². The molecule has 0 amide bonds. The molecule has 0 aliphatic rings. The summed E-state index contributed by atoms with van der Waals surface area (Å²) in [4.78, 5) is 13.2. The zero-order valence-corrected chi connectivity index (χ0v) is 16.9. The SMILES string of the molecule is CCOP(C)(=O)CCNc1cc(C#CC(C)(C)C)sc1C(=O)OC. The van der Waals surface area contributed by atoms with Gasteiger partial charge in [-0.25, -0.2) is 4.79 Å². The molecule has 1 atom stereocenters. The molecule has 0 aliphatic heterocycles. The van der Waals surface area contributed by atoms with Crippen molar-refractivity contribution in [3.8, 4) is 11.8 Å². The fraction of sp³-hybridized carbons (Fsp3) is 0.588. The Balaban J connectivity index is 2.91. The number of ether oxygens (including phenoxy) is 1. The maximum atomic E-state index is 12.1. The minimum Gasteiger partial charge on any atom is -0.465 e. The largest absolute Gasteiger partial charge is 0.465 e. The molecule has 0 saturated carbocycles. The van der Waals surface area contributed by atoms with Crippen molar-refractivity contribution in [3.05, 3.63) is 15.8 Å². The summed E-state index contributed by atoms with van der Waals surface area (Å²) >= 11 is 1.29. The summed E-state index contributed by atoms with van der Waals surface area (Å²) in [7, 11) is -1.26. The van der Waals surface area contributed by atoms with Crippen LogP contribution in [0.25, 0.3) is 0 Å². The third kappa shape index (κ3) is 7.09. The van der Waals surface area contributed by atoms with Crippen LogP contribution in [0.15, 0.2) is 6.07 Å². The van der Waals surface area contributed by atoms with Crippen LogP contribution in [-0.4, -0.2) is 39.1 Å². The van der Waals surface area contributed by atoms with Crippen LogP contribution in [0.3, 0.4) is 0 Å². The molecule has 0 radical (unpaired) electrons. The molecule has 0 saturated heterocycles. The zero-order valence-electron chi connectivity index (χ0n) is 15.2. The lowest BCUT2D eigenvalue weighted by atomic mass is 9.98. The average Bonchev–Trinajstić information content (AvgIpc) is 2.86. The van der Waals surface area contributed by atoms with Gasteiger partial charge in [0, 0.05) is 24.8 Å². The number of esters is 1. The third-order valence-corrected chi connectivity index (χ3v) is 5.77. The lowest BCUT2D eigenvalue weighted by Crippen LogP contribution is -2.10. The Labute approximate surface area is 148 Å². The first kappa shape index (κ1) is 20.8. The van der Waals surface area contributed by atoms with Crippen molar-refractivity contribution in [1.29, 1.82) is 0 Å². The number of carbonyl (C=O) groups is 1. The molecule has 1 rings (SSSR count). The van der Waals surface area contributed by atoms with Gasteiger partial charge in [-0.1, -0.05) is 11.8 Å². The van der Waals surface area contributed by atoms with Crippen molar-refractivity contribution in [1.82, 2.24) is 0 Å². The van der Waals surface area contributed by atoms with Gasteiger partial charge in [0.05, 0.1) is 24.3 Å². The van der Waals surface area contributed by atoms with Gasteiger partial charge in [0.25, 0.3) is 0 Å². The Bertz CT molecular complexity index is 679. The van der Waals surface area contributed by atoms with Crippen molar-refractivity contribution >= 4 is 30.4 Å². The first-order chi connectivity index (χ1) is 11.1. The number of hydrogen-bond donors (Lipinski definition) is 1.